The molecule has 0 atom stereocenters. The number of para-hydroxylation sites is 1. The molecule has 0 N–H and O–H groups in total. The van der Waals surface area contributed by atoms with Crippen molar-refractivity contribution in [3.8, 4) is 24.7 Å². The molecule has 0 unspecified atom stereocenters. The van der Waals surface area contributed by atoms with E-state index in [-0.39, 0.29) is 12.1 Å². The molecule has 0 amide bonds. The predicted octanol–water partition coefficient (Wildman–Crippen LogP) is 3.48. The highest BCUT2D eigenvalue weighted by atomic mass is 19.4. The third-order valence-corrected chi connectivity index (χ3v) is 2.76. The maximum atomic E-state index is 13.2. The van der Waals surface area contributed by atoms with Gasteiger partial charge in [0.2, 0.25) is 0 Å². The Morgan fingerprint density at radius 2 is 1.89 bits per heavy atom. The minimum absolute atomic E-state index is 0.0131. The highest BCUT2D eigenvalue weighted by Gasteiger charge is 2.38. The summed E-state index contributed by atoms with van der Waals surface area (Å²) in [4.78, 5) is 0. The molecule has 0 aliphatic carbocycles. The van der Waals surface area contributed by atoms with Crippen molar-refractivity contribution in [1.29, 1.82) is 0 Å². The van der Waals surface area contributed by atoms with Crippen LogP contribution in [0.15, 0.2) is 24.3 Å². The summed E-state index contributed by atoms with van der Waals surface area (Å²) in [6.07, 6.45) is 6.89. The summed E-state index contributed by atoms with van der Waals surface area (Å²) in [5, 5.41) is 0.447. The average Bonchev–Trinajstić information content (AvgIpc) is 2.65. The Labute approximate surface area is 109 Å². The van der Waals surface area contributed by atoms with Crippen LogP contribution in [0.5, 0.6) is 0 Å². The molecule has 2 rings (SSSR count). The lowest BCUT2D eigenvalue weighted by Crippen LogP contribution is -2.15. The van der Waals surface area contributed by atoms with Gasteiger partial charge in [-0.25, -0.2) is 0 Å². The number of alkyl halides is 3. The quantitative estimate of drug-likeness (QED) is 0.728. The number of terminal acetylenes is 2. The summed E-state index contributed by atoms with van der Waals surface area (Å²) in [6.45, 7) is -0.159. The summed E-state index contributed by atoms with van der Waals surface area (Å²) < 4.78 is 40.7. The Morgan fingerprint density at radius 3 is 2.47 bits per heavy atom. The molecule has 1 aromatic heterocycles. The molecule has 95 valence electrons. The first kappa shape index (κ1) is 13.1. The number of aromatic nitrogens is 1. The van der Waals surface area contributed by atoms with Crippen LogP contribution >= 0.6 is 0 Å². The molecule has 0 bridgehead atoms. The molecule has 0 saturated carbocycles. The van der Waals surface area contributed by atoms with E-state index in [9.17, 15) is 13.2 Å². The van der Waals surface area contributed by atoms with Gasteiger partial charge in [0.05, 0.1) is 13.0 Å². The molecule has 0 aliphatic heterocycles. The van der Waals surface area contributed by atoms with Crippen LogP contribution in [0.1, 0.15) is 11.3 Å². The van der Waals surface area contributed by atoms with E-state index in [0.717, 1.165) is 11.0 Å². The van der Waals surface area contributed by atoms with Crippen molar-refractivity contribution in [2.24, 2.45) is 0 Å². The van der Waals surface area contributed by atoms with Crippen molar-refractivity contribution in [1.82, 2.24) is 4.57 Å². The monoisotopic (exact) mass is 260 g/mol. The predicted molar refractivity (Wildman–Crippen MR) is 68.0 cm³/mol. The van der Waals surface area contributed by atoms with Crippen molar-refractivity contribution in [2.75, 3.05) is 0 Å². The zero-order chi connectivity index (χ0) is 14.0. The number of halogens is 3. The minimum Gasteiger partial charge on any atom is -0.325 e. The largest absolute Gasteiger partial charge is 0.431 e. The maximum Gasteiger partial charge on any atom is 0.431 e. The molecule has 4 heteroatoms. The van der Waals surface area contributed by atoms with E-state index in [2.05, 4.69) is 11.8 Å². The van der Waals surface area contributed by atoms with Gasteiger partial charge in [-0.3, -0.25) is 0 Å². The normalized spacial score (nSPS) is 11.2. The minimum atomic E-state index is -4.52. The first-order valence-electron chi connectivity index (χ1n) is 5.42. The lowest BCUT2D eigenvalue weighted by atomic mass is 10.1. The fourth-order valence-corrected chi connectivity index (χ4v) is 2.12. The lowest BCUT2D eigenvalue weighted by molar-refractivity contribution is -0.143. The first-order chi connectivity index (χ1) is 9.00. The topological polar surface area (TPSA) is 4.93 Å². The Morgan fingerprint density at radius 1 is 1.21 bits per heavy atom. The van der Waals surface area contributed by atoms with Crippen molar-refractivity contribution in [3.05, 3.63) is 41.9 Å². The average molecular weight is 260 g/mol. The second kappa shape index (κ2) is 4.74. The van der Waals surface area contributed by atoms with Crippen LogP contribution in [0, 0.1) is 31.1 Å². The van der Waals surface area contributed by atoms with Gasteiger partial charge < -0.3 is 4.57 Å². The van der Waals surface area contributed by atoms with E-state index in [1.165, 1.54) is 0 Å². The van der Waals surface area contributed by atoms with Gasteiger partial charge in [-0.1, -0.05) is 30.0 Å². The number of benzene rings is 1. The number of nitrogens with zero attached hydrogens (tertiary/aromatic N) is 1. The third-order valence-electron chi connectivity index (χ3n) is 2.76. The number of hydrogen-bond acceptors (Lipinski definition) is 0. The van der Waals surface area contributed by atoms with E-state index >= 15 is 0 Å². The Bertz CT molecular complexity index is 640. The van der Waals surface area contributed by atoms with Gasteiger partial charge in [0.25, 0.3) is 0 Å². The zero-order valence-electron chi connectivity index (χ0n) is 9.83. The van der Waals surface area contributed by atoms with Crippen LogP contribution < -0.4 is 0 Å². The van der Waals surface area contributed by atoms with Gasteiger partial charge in [0, 0.05) is 16.5 Å². The van der Waals surface area contributed by atoms with Crippen LogP contribution in [0.25, 0.3) is 10.9 Å². The Hall–Kier alpha value is -2.33. The third kappa shape index (κ3) is 2.18. The van der Waals surface area contributed by atoms with Crippen LogP contribution in [0.3, 0.4) is 0 Å². The highest BCUT2D eigenvalue weighted by molar-refractivity contribution is 5.87. The van der Waals surface area contributed by atoms with Gasteiger partial charge in [-0.15, -0.1) is 12.8 Å². The van der Waals surface area contributed by atoms with Crippen molar-refractivity contribution in [3.63, 3.8) is 0 Å². The lowest BCUT2D eigenvalue weighted by Gasteiger charge is -2.12. The Balaban J connectivity index is 2.89. The number of rotatable bonds is 2. The summed E-state index contributed by atoms with van der Waals surface area (Å²) in [5.74, 6) is 4.40. The van der Waals surface area contributed by atoms with E-state index in [4.69, 9.17) is 12.8 Å². The van der Waals surface area contributed by atoms with Crippen molar-refractivity contribution in [2.45, 2.75) is 12.7 Å². The summed E-state index contributed by atoms with van der Waals surface area (Å²) in [5.41, 5.74) is -0.389. The summed E-state index contributed by atoms with van der Waals surface area (Å²) in [7, 11) is 0. The second-order valence-electron chi connectivity index (χ2n) is 3.88. The first-order valence-corrected chi connectivity index (χ1v) is 5.42. The van der Waals surface area contributed by atoms with E-state index in [0.29, 0.717) is 10.9 Å². The molecule has 1 aromatic carbocycles. The second-order valence-corrected chi connectivity index (χ2v) is 3.88. The maximum absolute atomic E-state index is 13.2. The molecule has 1 heterocycles. The van der Waals surface area contributed by atoms with Gasteiger partial charge >= 0.3 is 6.18 Å². The van der Waals surface area contributed by atoms with Gasteiger partial charge in [-0.2, -0.15) is 13.2 Å². The van der Waals surface area contributed by atoms with Crippen molar-refractivity contribution < 1.29 is 13.2 Å². The molecular weight excluding hydrogens is 251 g/mol. The molecule has 0 saturated heterocycles. The van der Waals surface area contributed by atoms with Crippen LogP contribution in [-0.2, 0) is 12.7 Å². The van der Waals surface area contributed by atoms with Crippen LogP contribution in [0.4, 0.5) is 13.2 Å². The molecule has 1 nitrogen and oxygen atoms in total. The van der Waals surface area contributed by atoms with E-state index < -0.39 is 11.9 Å². The van der Waals surface area contributed by atoms with Crippen molar-refractivity contribution >= 4 is 10.9 Å². The molecule has 0 fully saturated rings. The fraction of sp³-hybridized carbons (Fsp3) is 0.133. The molecule has 0 spiro atoms. The van der Waals surface area contributed by atoms with Gasteiger partial charge in [0.1, 0.15) is 5.69 Å². The highest BCUT2D eigenvalue weighted by Crippen LogP contribution is 2.38. The molecular formula is C15H9F3N. The standard InChI is InChI=1S/C15H9F3N/c1-3-7-12-11-8-5-6-9-13(11)19(10-4-2)14(12)15(16,17)18/h1-2,5-9H,10H2. The van der Waals surface area contributed by atoms with Crippen LogP contribution in [0.2, 0.25) is 0 Å². The Kier molecular flexibility index (Phi) is 3.27. The number of fused-ring (bicyclic) bond motifs is 1. The molecule has 19 heavy (non-hydrogen) atoms. The summed E-state index contributed by atoms with van der Waals surface area (Å²) >= 11 is 0. The van der Waals surface area contributed by atoms with Gasteiger partial charge in [0.15, 0.2) is 0 Å². The fourth-order valence-electron chi connectivity index (χ4n) is 2.12. The smallest absolute Gasteiger partial charge is 0.325 e. The van der Waals surface area contributed by atoms with Gasteiger partial charge in [-0.05, 0) is 6.07 Å². The molecule has 2 aromatic rings. The SMILES string of the molecule is C#C[CH]c1c(C(F)(F)F)n(CC#C)c2ccccc12. The zero-order valence-corrected chi connectivity index (χ0v) is 9.83. The number of hydrogen-bond donors (Lipinski definition) is 0. The van der Waals surface area contributed by atoms with Crippen LogP contribution in [-0.4, -0.2) is 4.57 Å². The molecule has 1 radical (unpaired) electrons. The van der Waals surface area contributed by atoms with E-state index in [1.54, 1.807) is 24.3 Å². The molecule has 0 aliphatic rings. The van der Waals surface area contributed by atoms with E-state index in [1.807, 2.05) is 0 Å². The summed E-state index contributed by atoms with van der Waals surface area (Å²) in [6, 6.07) is 6.52.